The summed E-state index contributed by atoms with van der Waals surface area (Å²) in [5.74, 6) is 5.67. The normalized spacial score (nSPS) is 12.4. The fourth-order valence-electron chi connectivity index (χ4n) is 1.97. The Bertz CT molecular complexity index is 556. The quantitative estimate of drug-likeness (QED) is 0.600. The van der Waals surface area contributed by atoms with Crippen molar-refractivity contribution in [2.45, 2.75) is 13.0 Å². The van der Waals surface area contributed by atoms with Crippen LogP contribution in [-0.4, -0.2) is 4.98 Å². The number of rotatable bonds is 3. The lowest BCUT2D eigenvalue weighted by molar-refractivity contribution is 0.633. The Morgan fingerprint density at radius 2 is 2.06 bits per heavy atom. The molecule has 2 rings (SSSR count). The summed E-state index contributed by atoms with van der Waals surface area (Å²) in [5, 5.41) is 0. The average molecular weight is 307 g/mol. The largest absolute Gasteiger partial charge is 0.398 e. The van der Waals surface area contributed by atoms with Crippen molar-refractivity contribution in [1.29, 1.82) is 0 Å². The highest BCUT2D eigenvalue weighted by Gasteiger charge is 2.17. The van der Waals surface area contributed by atoms with Gasteiger partial charge in [0.05, 0.1) is 6.04 Å². The number of nitrogen functional groups attached to an aromatic ring is 1. The number of hydrogen-bond donors (Lipinski definition) is 3. The maximum Gasteiger partial charge on any atom is 0.0747 e. The van der Waals surface area contributed by atoms with Crippen molar-refractivity contribution in [3.05, 3.63) is 57.8 Å². The predicted octanol–water partition coefficient (Wildman–Crippen LogP) is 2.29. The fourth-order valence-corrected chi connectivity index (χ4v) is 2.44. The van der Waals surface area contributed by atoms with Gasteiger partial charge in [-0.3, -0.25) is 10.8 Å². The summed E-state index contributed by atoms with van der Waals surface area (Å²) in [4.78, 5) is 4.10. The molecule has 0 saturated heterocycles. The summed E-state index contributed by atoms with van der Waals surface area (Å²) >= 11 is 3.45. The van der Waals surface area contributed by atoms with Gasteiger partial charge in [-0.15, -0.1) is 0 Å². The van der Waals surface area contributed by atoms with Crippen LogP contribution in [0.1, 0.15) is 22.7 Å². The molecular formula is C13H15BrN4. The van der Waals surface area contributed by atoms with Crippen molar-refractivity contribution in [3.63, 3.8) is 0 Å². The summed E-state index contributed by atoms with van der Waals surface area (Å²) in [6.45, 7) is 2.04. The molecule has 0 bridgehead atoms. The Kier molecular flexibility index (Phi) is 3.96. The summed E-state index contributed by atoms with van der Waals surface area (Å²) in [6.07, 6.45) is 3.40. The zero-order valence-electron chi connectivity index (χ0n) is 10.0. The lowest BCUT2D eigenvalue weighted by atomic mass is 9.96. The third kappa shape index (κ3) is 2.53. The first-order chi connectivity index (χ1) is 8.63. The van der Waals surface area contributed by atoms with Crippen molar-refractivity contribution >= 4 is 21.6 Å². The molecule has 0 spiro atoms. The van der Waals surface area contributed by atoms with E-state index < -0.39 is 0 Å². The predicted molar refractivity (Wildman–Crippen MR) is 76.7 cm³/mol. The third-order valence-corrected chi connectivity index (χ3v) is 3.40. The van der Waals surface area contributed by atoms with Gasteiger partial charge in [-0.25, -0.2) is 5.43 Å². The van der Waals surface area contributed by atoms with Gasteiger partial charge in [-0.1, -0.05) is 22.0 Å². The van der Waals surface area contributed by atoms with Gasteiger partial charge in [-0.05, 0) is 36.2 Å². The number of aromatic nitrogens is 1. The van der Waals surface area contributed by atoms with E-state index in [4.69, 9.17) is 11.6 Å². The van der Waals surface area contributed by atoms with E-state index in [9.17, 15) is 0 Å². The van der Waals surface area contributed by atoms with Crippen LogP contribution >= 0.6 is 15.9 Å². The molecular weight excluding hydrogens is 292 g/mol. The van der Waals surface area contributed by atoms with Crippen LogP contribution in [0.2, 0.25) is 0 Å². The highest BCUT2D eigenvalue weighted by Crippen LogP contribution is 2.28. The molecule has 4 nitrogen and oxygen atoms in total. The average Bonchev–Trinajstić information content (AvgIpc) is 2.34. The van der Waals surface area contributed by atoms with E-state index in [-0.39, 0.29) is 6.04 Å². The van der Waals surface area contributed by atoms with E-state index in [1.807, 2.05) is 25.1 Å². The standard InChI is InChI=1S/C13H15BrN4/c1-8-6-9(14)2-3-10(8)13(18-16)11-7-17-5-4-12(11)15/h2-7,13,18H,16H2,1H3,(H2,15,17). The zero-order valence-corrected chi connectivity index (χ0v) is 11.6. The minimum atomic E-state index is -0.160. The first-order valence-electron chi connectivity index (χ1n) is 5.55. The van der Waals surface area contributed by atoms with Crippen LogP contribution in [0.3, 0.4) is 0 Å². The summed E-state index contributed by atoms with van der Waals surface area (Å²) in [6, 6.07) is 7.67. The number of nitrogens with two attached hydrogens (primary N) is 2. The van der Waals surface area contributed by atoms with E-state index in [0.717, 1.165) is 21.2 Å². The molecule has 0 radical (unpaired) electrons. The third-order valence-electron chi connectivity index (χ3n) is 2.91. The molecule has 1 heterocycles. The van der Waals surface area contributed by atoms with E-state index in [0.29, 0.717) is 5.69 Å². The summed E-state index contributed by atoms with van der Waals surface area (Å²) in [5.41, 5.74) is 12.5. The van der Waals surface area contributed by atoms with Crippen molar-refractivity contribution in [2.24, 2.45) is 5.84 Å². The van der Waals surface area contributed by atoms with Crippen LogP contribution < -0.4 is 17.0 Å². The monoisotopic (exact) mass is 306 g/mol. The van der Waals surface area contributed by atoms with Gasteiger partial charge >= 0.3 is 0 Å². The number of anilines is 1. The van der Waals surface area contributed by atoms with Crippen LogP contribution in [0.25, 0.3) is 0 Å². The van der Waals surface area contributed by atoms with Gasteiger partial charge in [0.2, 0.25) is 0 Å². The summed E-state index contributed by atoms with van der Waals surface area (Å²) < 4.78 is 1.04. The number of aryl methyl sites for hydroxylation is 1. The van der Waals surface area contributed by atoms with Crippen LogP contribution in [0, 0.1) is 6.92 Å². The fraction of sp³-hybridized carbons (Fsp3) is 0.154. The molecule has 18 heavy (non-hydrogen) atoms. The second-order valence-corrected chi connectivity index (χ2v) is 5.02. The number of benzene rings is 1. The van der Waals surface area contributed by atoms with E-state index in [2.05, 4.69) is 26.3 Å². The Labute approximate surface area is 115 Å². The van der Waals surface area contributed by atoms with E-state index >= 15 is 0 Å². The van der Waals surface area contributed by atoms with Crippen molar-refractivity contribution < 1.29 is 0 Å². The van der Waals surface area contributed by atoms with Gasteiger partial charge in [0.25, 0.3) is 0 Å². The van der Waals surface area contributed by atoms with Crippen molar-refractivity contribution in [1.82, 2.24) is 10.4 Å². The molecule has 1 unspecified atom stereocenters. The molecule has 0 fully saturated rings. The molecule has 1 atom stereocenters. The first kappa shape index (κ1) is 13.0. The number of halogens is 1. The molecule has 0 aliphatic carbocycles. The number of nitrogens with one attached hydrogen (secondary N) is 1. The van der Waals surface area contributed by atoms with Crippen LogP contribution in [-0.2, 0) is 0 Å². The SMILES string of the molecule is Cc1cc(Br)ccc1C(NN)c1cnccc1N. The Hall–Kier alpha value is -1.43. The maximum absolute atomic E-state index is 5.97. The van der Waals surface area contributed by atoms with Crippen LogP contribution in [0.4, 0.5) is 5.69 Å². The van der Waals surface area contributed by atoms with Gasteiger partial charge < -0.3 is 5.73 Å². The minimum absolute atomic E-state index is 0.160. The second-order valence-electron chi connectivity index (χ2n) is 4.11. The topological polar surface area (TPSA) is 77.0 Å². The Balaban J connectivity index is 2.49. The molecule has 1 aromatic carbocycles. The first-order valence-corrected chi connectivity index (χ1v) is 6.34. The minimum Gasteiger partial charge on any atom is -0.398 e. The van der Waals surface area contributed by atoms with Crippen molar-refractivity contribution in [3.8, 4) is 0 Å². The molecule has 94 valence electrons. The number of nitrogens with zero attached hydrogens (tertiary/aromatic N) is 1. The van der Waals surface area contributed by atoms with E-state index in [1.165, 1.54) is 0 Å². The second kappa shape index (κ2) is 5.48. The number of hydrogen-bond acceptors (Lipinski definition) is 4. The summed E-state index contributed by atoms with van der Waals surface area (Å²) in [7, 11) is 0. The van der Waals surface area contributed by atoms with E-state index in [1.54, 1.807) is 18.5 Å². The molecule has 0 amide bonds. The highest BCUT2D eigenvalue weighted by atomic mass is 79.9. The number of pyridine rings is 1. The molecule has 2 aromatic rings. The highest BCUT2D eigenvalue weighted by molar-refractivity contribution is 9.10. The maximum atomic E-state index is 5.97. The van der Waals surface area contributed by atoms with Gasteiger partial charge in [0.15, 0.2) is 0 Å². The van der Waals surface area contributed by atoms with Gasteiger partial charge in [0.1, 0.15) is 0 Å². The smallest absolute Gasteiger partial charge is 0.0747 e. The zero-order chi connectivity index (χ0) is 13.1. The molecule has 0 aliphatic heterocycles. The molecule has 0 saturated carbocycles. The van der Waals surface area contributed by atoms with Gasteiger partial charge in [-0.2, -0.15) is 0 Å². The molecule has 5 N–H and O–H groups in total. The lowest BCUT2D eigenvalue weighted by Crippen LogP contribution is -2.30. The Morgan fingerprint density at radius 3 is 2.67 bits per heavy atom. The number of hydrazine groups is 1. The van der Waals surface area contributed by atoms with Crippen molar-refractivity contribution in [2.75, 3.05) is 5.73 Å². The molecule has 5 heteroatoms. The van der Waals surface area contributed by atoms with Gasteiger partial charge in [0, 0.05) is 28.1 Å². The molecule has 0 aliphatic rings. The van der Waals surface area contributed by atoms with Crippen LogP contribution in [0.5, 0.6) is 0 Å². The Morgan fingerprint density at radius 1 is 1.28 bits per heavy atom. The molecule has 1 aromatic heterocycles. The lowest BCUT2D eigenvalue weighted by Gasteiger charge is -2.20. The van der Waals surface area contributed by atoms with Crippen LogP contribution in [0.15, 0.2) is 41.1 Å².